The van der Waals surface area contributed by atoms with Crippen LogP contribution in [0.2, 0.25) is 0 Å². The fourth-order valence-corrected chi connectivity index (χ4v) is 2.82. The second-order valence-electron chi connectivity index (χ2n) is 7.24. The molecule has 0 fully saturated rings. The van der Waals surface area contributed by atoms with Crippen LogP contribution >= 0.6 is 0 Å². The van der Waals surface area contributed by atoms with Gasteiger partial charge in [-0.05, 0) is 41.5 Å². The van der Waals surface area contributed by atoms with E-state index in [0.29, 0.717) is 11.5 Å². The minimum Gasteiger partial charge on any atom is -0.478 e. The largest absolute Gasteiger partial charge is 0.478 e. The van der Waals surface area contributed by atoms with Crippen molar-refractivity contribution in [3.63, 3.8) is 0 Å². The molecule has 0 aromatic heterocycles. The summed E-state index contributed by atoms with van der Waals surface area (Å²) in [6, 6.07) is 13.1. The summed E-state index contributed by atoms with van der Waals surface area (Å²) in [5.74, 6) is -0.278. The van der Waals surface area contributed by atoms with Crippen molar-refractivity contribution < 1.29 is 14.7 Å². The van der Waals surface area contributed by atoms with E-state index in [2.05, 4.69) is 33.8 Å². The van der Waals surface area contributed by atoms with Gasteiger partial charge in [0.25, 0.3) is 0 Å². The molecule has 0 saturated heterocycles. The Labute approximate surface area is 155 Å². The lowest BCUT2D eigenvalue weighted by atomic mass is 9.88. The number of hydrogen-bond donors (Lipinski definition) is 1. The van der Waals surface area contributed by atoms with E-state index in [1.165, 1.54) is 5.56 Å². The molecule has 0 amide bonds. The number of carbonyl (C=O) groups excluding carboxylic acids is 1. The summed E-state index contributed by atoms with van der Waals surface area (Å²) < 4.78 is 0. The van der Waals surface area contributed by atoms with Gasteiger partial charge in [0, 0.05) is 16.7 Å². The van der Waals surface area contributed by atoms with Crippen LogP contribution in [0.3, 0.4) is 0 Å². The van der Waals surface area contributed by atoms with Crippen molar-refractivity contribution in [1.29, 1.82) is 0 Å². The van der Waals surface area contributed by atoms with E-state index in [0.717, 1.165) is 16.7 Å². The number of aliphatic carboxylic acids is 1. The van der Waals surface area contributed by atoms with Crippen molar-refractivity contribution in [2.75, 3.05) is 0 Å². The maximum Gasteiger partial charge on any atom is 0.331 e. The van der Waals surface area contributed by atoms with E-state index < -0.39 is 5.97 Å². The van der Waals surface area contributed by atoms with E-state index in [9.17, 15) is 9.59 Å². The number of benzene rings is 2. The molecule has 3 nitrogen and oxygen atoms in total. The zero-order valence-corrected chi connectivity index (χ0v) is 16.0. The lowest BCUT2D eigenvalue weighted by Gasteiger charge is -2.16. The van der Waals surface area contributed by atoms with E-state index in [4.69, 9.17) is 5.11 Å². The molecule has 136 valence electrons. The predicted molar refractivity (Wildman–Crippen MR) is 106 cm³/mol. The Morgan fingerprint density at radius 1 is 0.923 bits per heavy atom. The minimum absolute atomic E-state index is 0.00510. The Balaban J connectivity index is 2.37. The fraction of sp³-hybridized carbons (Fsp3) is 0.304. The van der Waals surface area contributed by atoms with Gasteiger partial charge in [0.1, 0.15) is 0 Å². The van der Waals surface area contributed by atoms with Gasteiger partial charge in [-0.15, -0.1) is 0 Å². The third-order valence-electron chi connectivity index (χ3n) is 4.50. The Morgan fingerprint density at radius 2 is 1.54 bits per heavy atom. The molecule has 0 radical (unpaired) electrons. The van der Waals surface area contributed by atoms with Crippen LogP contribution < -0.4 is 0 Å². The molecular formula is C23H26O3. The van der Waals surface area contributed by atoms with Gasteiger partial charge in [-0.1, -0.05) is 70.2 Å². The van der Waals surface area contributed by atoms with Crippen molar-refractivity contribution in [2.24, 2.45) is 0 Å². The number of carboxylic acid groups (broad SMARTS) is 1. The number of carboxylic acids is 1. The zero-order chi connectivity index (χ0) is 19.4. The first-order chi connectivity index (χ1) is 12.2. The zero-order valence-electron chi connectivity index (χ0n) is 16.0. The Hall–Kier alpha value is -2.68. The second kappa shape index (κ2) is 8.13. The van der Waals surface area contributed by atoms with Crippen molar-refractivity contribution in [1.82, 2.24) is 0 Å². The molecule has 0 aliphatic heterocycles. The van der Waals surface area contributed by atoms with E-state index in [1.54, 1.807) is 37.3 Å². The van der Waals surface area contributed by atoms with Crippen LogP contribution in [0.5, 0.6) is 0 Å². The van der Waals surface area contributed by atoms with Gasteiger partial charge in [-0.2, -0.15) is 0 Å². The lowest BCUT2D eigenvalue weighted by Crippen LogP contribution is -2.08. The van der Waals surface area contributed by atoms with Gasteiger partial charge >= 0.3 is 5.97 Å². The maximum atomic E-state index is 13.0. The molecule has 0 atom stereocenters. The van der Waals surface area contributed by atoms with Gasteiger partial charge in [-0.25, -0.2) is 4.79 Å². The molecule has 0 saturated carbocycles. The minimum atomic E-state index is -0.947. The normalized spacial score (nSPS) is 11.9. The number of carbonyl (C=O) groups is 2. The number of rotatable bonds is 6. The predicted octanol–water partition coefficient (Wildman–Crippen LogP) is 5.65. The highest BCUT2D eigenvalue weighted by Gasteiger charge is 2.17. The Morgan fingerprint density at radius 3 is 2.04 bits per heavy atom. The monoisotopic (exact) mass is 350 g/mol. The van der Waals surface area contributed by atoms with Gasteiger partial charge in [0.2, 0.25) is 0 Å². The highest BCUT2D eigenvalue weighted by Crippen LogP contribution is 2.27. The summed E-state index contributed by atoms with van der Waals surface area (Å²) in [7, 11) is 0. The number of ketones is 1. The van der Waals surface area contributed by atoms with Crippen molar-refractivity contribution in [3.05, 3.63) is 75.9 Å². The second-order valence-corrected chi connectivity index (χ2v) is 7.24. The smallest absolute Gasteiger partial charge is 0.331 e. The van der Waals surface area contributed by atoms with E-state index >= 15 is 0 Å². The summed E-state index contributed by atoms with van der Waals surface area (Å²) in [5, 5.41) is 8.96. The van der Waals surface area contributed by atoms with Crippen molar-refractivity contribution in [2.45, 2.75) is 46.5 Å². The SMILES string of the molecule is C/C(=C\c1ccc(C(=O)c2ccc(C(C)C)cc2C(C)C)cc1)C(=O)O. The average molecular weight is 350 g/mol. The van der Waals surface area contributed by atoms with Gasteiger partial charge in [0.15, 0.2) is 5.78 Å². The highest BCUT2D eigenvalue weighted by molar-refractivity contribution is 6.10. The van der Waals surface area contributed by atoms with Gasteiger partial charge < -0.3 is 5.11 Å². The Bertz CT molecular complexity index is 840. The molecule has 0 bridgehead atoms. The summed E-state index contributed by atoms with van der Waals surface area (Å²) in [6.45, 7) is 10.0. The first-order valence-corrected chi connectivity index (χ1v) is 8.91. The molecule has 0 heterocycles. The van der Waals surface area contributed by atoms with Crippen LogP contribution in [0.25, 0.3) is 6.08 Å². The molecule has 2 aromatic carbocycles. The van der Waals surface area contributed by atoms with Gasteiger partial charge in [0.05, 0.1) is 0 Å². The quantitative estimate of drug-likeness (QED) is 0.541. The third kappa shape index (κ3) is 4.48. The molecule has 0 unspecified atom stereocenters. The molecule has 2 aromatic rings. The third-order valence-corrected chi connectivity index (χ3v) is 4.50. The molecule has 3 heteroatoms. The molecule has 26 heavy (non-hydrogen) atoms. The first kappa shape index (κ1) is 19.6. The molecule has 0 spiro atoms. The van der Waals surface area contributed by atoms with Crippen molar-refractivity contribution in [3.8, 4) is 0 Å². The molecule has 0 aliphatic rings. The molecule has 0 aliphatic carbocycles. The van der Waals surface area contributed by atoms with Gasteiger partial charge in [-0.3, -0.25) is 4.79 Å². The summed E-state index contributed by atoms with van der Waals surface area (Å²) in [4.78, 5) is 23.9. The standard InChI is InChI=1S/C23H26O3/c1-14(2)19-10-11-20(21(13-19)15(3)4)22(24)18-8-6-17(7-9-18)12-16(5)23(25)26/h6-15H,1-5H3,(H,25,26)/b16-12+. The summed E-state index contributed by atoms with van der Waals surface area (Å²) >= 11 is 0. The fourth-order valence-electron chi connectivity index (χ4n) is 2.82. The highest BCUT2D eigenvalue weighted by atomic mass is 16.4. The lowest BCUT2D eigenvalue weighted by molar-refractivity contribution is -0.132. The Kier molecular flexibility index (Phi) is 6.14. The van der Waals surface area contributed by atoms with Crippen LogP contribution in [0.1, 0.15) is 79.1 Å². The van der Waals surface area contributed by atoms with Crippen molar-refractivity contribution >= 4 is 17.8 Å². The molecular weight excluding hydrogens is 324 g/mol. The molecule has 2 rings (SSSR count). The first-order valence-electron chi connectivity index (χ1n) is 8.91. The maximum absolute atomic E-state index is 13.0. The summed E-state index contributed by atoms with van der Waals surface area (Å²) in [6.07, 6.45) is 1.59. The van der Waals surface area contributed by atoms with Crippen LogP contribution in [-0.4, -0.2) is 16.9 Å². The average Bonchev–Trinajstić information content (AvgIpc) is 2.61. The summed E-state index contributed by atoms with van der Waals surface area (Å²) in [5.41, 5.74) is 4.65. The van der Waals surface area contributed by atoms with Crippen LogP contribution in [0, 0.1) is 0 Å². The van der Waals surface area contributed by atoms with Crippen LogP contribution in [0.4, 0.5) is 0 Å². The molecule has 1 N–H and O–H groups in total. The number of hydrogen-bond acceptors (Lipinski definition) is 2. The van der Waals surface area contributed by atoms with E-state index in [-0.39, 0.29) is 17.3 Å². The van der Waals surface area contributed by atoms with Crippen LogP contribution in [0.15, 0.2) is 48.0 Å². The topological polar surface area (TPSA) is 54.4 Å². The van der Waals surface area contributed by atoms with E-state index in [1.807, 2.05) is 12.1 Å². The van der Waals surface area contributed by atoms with Crippen LogP contribution in [-0.2, 0) is 4.79 Å².